The van der Waals surface area contributed by atoms with Gasteiger partial charge in [-0.1, -0.05) is 0 Å². The van der Waals surface area contributed by atoms with E-state index in [4.69, 9.17) is 5.73 Å². The van der Waals surface area contributed by atoms with Crippen molar-refractivity contribution in [2.24, 2.45) is 5.73 Å². The lowest BCUT2D eigenvalue weighted by Crippen LogP contribution is -2.58. The van der Waals surface area contributed by atoms with Crippen molar-refractivity contribution in [2.45, 2.75) is 6.04 Å². The molecule has 8 heteroatoms. The van der Waals surface area contributed by atoms with E-state index in [2.05, 4.69) is 15.5 Å². The Morgan fingerprint density at radius 3 is 2.70 bits per heavy atom. The molecular formula is C12H18N6O2. The molecule has 0 radical (unpaired) electrons. The summed E-state index contributed by atoms with van der Waals surface area (Å²) in [6, 6.07) is 2.85. The fourth-order valence-corrected chi connectivity index (χ4v) is 2.11. The smallest absolute Gasteiger partial charge is 0.269 e. The Hall–Kier alpha value is -2.22. The number of likely N-dealkylation sites (N-methyl/N-ethyl adjacent to an activating group) is 1. The van der Waals surface area contributed by atoms with Crippen LogP contribution in [0.2, 0.25) is 0 Å². The molecule has 108 valence electrons. The Morgan fingerprint density at radius 2 is 2.15 bits per heavy atom. The molecule has 2 heterocycles. The molecule has 3 N–H and O–H groups in total. The minimum absolute atomic E-state index is 0.00187. The lowest BCUT2D eigenvalue weighted by atomic mass is 10.1. The lowest BCUT2D eigenvalue weighted by Gasteiger charge is -2.36. The summed E-state index contributed by atoms with van der Waals surface area (Å²) in [5.41, 5.74) is 5.24. The number of rotatable bonds is 3. The fraction of sp³-hybridized carbons (Fsp3) is 0.500. The number of hydrogen-bond donors (Lipinski definition) is 2. The van der Waals surface area contributed by atoms with E-state index in [-0.39, 0.29) is 17.6 Å². The van der Waals surface area contributed by atoms with Gasteiger partial charge in [0.2, 0.25) is 5.91 Å². The maximum Gasteiger partial charge on any atom is 0.269 e. The van der Waals surface area contributed by atoms with Crippen LogP contribution in [0, 0.1) is 0 Å². The molecule has 2 rings (SSSR count). The molecule has 1 aromatic heterocycles. The van der Waals surface area contributed by atoms with Crippen molar-refractivity contribution in [1.29, 1.82) is 0 Å². The first-order valence-electron chi connectivity index (χ1n) is 6.32. The van der Waals surface area contributed by atoms with Crippen LogP contribution >= 0.6 is 0 Å². The molecule has 1 saturated heterocycles. The molecule has 1 unspecified atom stereocenters. The monoisotopic (exact) mass is 278 g/mol. The van der Waals surface area contributed by atoms with Crippen LogP contribution in [0.5, 0.6) is 0 Å². The molecule has 0 aromatic carbocycles. The number of hydrogen-bond acceptors (Lipinski definition) is 6. The maximum atomic E-state index is 12.2. The summed E-state index contributed by atoms with van der Waals surface area (Å²) in [7, 11) is 3.44. The molecule has 0 bridgehead atoms. The van der Waals surface area contributed by atoms with Crippen LogP contribution in [0.3, 0.4) is 0 Å². The molecular weight excluding hydrogens is 260 g/mol. The number of nitrogens with two attached hydrogens (primary N) is 1. The van der Waals surface area contributed by atoms with E-state index < -0.39 is 5.91 Å². The van der Waals surface area contributed by atoms with Gasteiger partial charge in [0, 0.05) is 33.7 Å². The van der Waals surface area contributed by atoms with Gasteiger partial charge in [0.1, 0.15) is 6.04 Å². The van der Waals surface area contributed by atoms with Gasteiger partial charge in [0.05, 0.1) is 0 Å². The minimum atomic E-state index is -0.620. The standard InChI is InChI=1S/C12H18N6O2/c1-17(2)12(20)9-7-14-5-6-18(9)10-4-3-8(11(13)19)15-16-10/h3-4,9,14H,5-7H2,1-2H3,(H2,13,19). The molecule has 1 fully saturated rings. The van der Waals surface area contributed by atoms with E-state index in [1.807, 2.05) is 4.90 Å². The normalized spacial score (nSPS) is 18.7. The Labute approximate surface area is 116 Å². The number of nitrogens with zero attached hydrogens (tertiary/aromatic N) is 4. The summed E-state index contributed by atoms with van der Waals surface area (Å²) in [6.07, 6.45) is 0. The van der Waals surface area contributed by atoms with Gasteiger partial charge in [0.25, 0.3) is 5.91 Å². The van der Waals surface area contributed by atoms with E-state index in [0.29, 0.717) is 18.9 Å². The van der Waals surface area contributed by atoms with Crippen LogP contribution < -0.4 is 16.0 Å². The van der Waals surface area contributed by atoms with Crippen molar-refractivity contribution in [3.8, 4) is 0 Å². The van der Waals surface area contributed by atoms with Gasteiger partial charge in [0.15, 0.2) is 11.5 Å². The van der Waals surface area contributed by atoms with Crippen molar-refractivity contribution in [3.63, 3.8) is 0 Å². The predicted molar refractivity (Wildman–Crippen MR) is 73.2 cm³/mol. The van der Waals surface area contributed by atoms with E-state index in [0.717, 1.165) is 6.54 Å². The van der Waals surface area contributed by atoms with Gasteiger partial charge in [-0.2, -0.15) is 0 Å². The Morgan fingerprint density at radius 1 is 1.40 bits per heavy atom. The highest BCUT2D eigenvalue weighted by Crippen LogP contribution is 2.16. The van der Waals surface area contributed by atoms with Gasteiger partial charge < -0.3 is 20.9 Å². The van der Waals surface area contributed by atoms with Gasteiger partial charge in [-0.25, -0.2) is 0 Å². The zero-order valence-electron chi connectivity index (χ0n) is 11.5. The summed E-state index contributed by atoms with van der Waals surface area (Å²) in [4.78, 5) is 26.6. The van der Waals surface area contributed by atoms with Crippen molar-refractivity contribution in [2.75, 3.05) is 38.6 Å². The molecule has 2 amide bonds. The van der Waals surface area contributed by atoms with Crippen LogP contribution in [-0.4, -0.2) is 66.7 Å². The molecule has 1 aromatic rings. The molecule has 1 aliphatic heterocycles. The van der Waals surface area contributed by atoms with Gasteiger partial charge >= 0.3 is 0 Å². The molecule has 1 atom stereocenters. The maximum absolute atomic E-state index is 12.2. The molecule has 0 saturated carbocycles. The quantitative estimate of drug-likeness (QED) is 0.693. The average molecular weight is 278 g/mol. The Kier molecular flexibility index (Phi) is 4.14. The largest absolute Gasteiger partial charge is 0.364 e. The first kappa shape index (κ1) is 14.2. The van der Waals surface area contributed by atoms with Crippen molar-refractivity contribution < 1.29 is 9.59 Å². The first-order valence-corrected chi connectivity index (χ1v) is 6.32. The fourth-order valence-electron chi connectivity index (χ4n) is 2.11. The number of aromatic nitrogens is 2. The molecule has 1 aliphatic rings. The number of anilines is 1. The number of primary amides is 1. The Balaban J connectivity index is 2.23. The van der Waals surface area contributed by atoms with Crippen LogP contribution in [0.25, 0.3) is 0 Å². The number of carbonyl (C=O) groups is 2. The summed E-state index contributed by atoms with van der Waals surface area (Å²) >= 11 is 0. The van der Waals surface area contributed by atoms with Crippen LogP contribution in [0.1, 0.15) is 10.5 Å². The third-order valence-electron chi connectivity index (χ3n) is 3.17. The molecule has 20 heavy (non-hydrogen) atoms. The average Bonchev–Trinajstić information content (AvgIpc) is 2.46. The van der Waals surface area contributed by atoms with Gasteiger partial charge in [-0.15, -0.1) is 10.2 Å². The molecule has 0 spiro atoms. The second-order valence-corrected chi connectivity index (χ2v) is 4.79. The van der Waals surface area contributed by atoms with E-state index in [1.54, 1.807) is 25.1 Å². The topological polar surface area (TPSA) is 104 Å². The van der Waals surface area contributed by atoms with Gasteiger partial charge in [-0.05, 0) is 12.1 Å². The first-order chi connectivity index (χ1) is 9.50. The predicted octanol–water partition coefficient (Wildman–Crippen LogP) is -1.56. The van der Waals surface area contributed by atoms with E-state index in [9.17, 15) is 9.59 Å². The highest BCUT2D eigenvalue weighted by Gasteiger charge is 2.30. The summed E-state index contributed by atoms with van der Waals surface area (Å²) < 4.78 is 0. The third-order valence-corrected chi connectivity index (χ3v) is 3.17. The zero-order chi connectivity index (χ0) is 14.7. The van der Waals surface area contributed by atoms with Crippen molar-refractivity contribution >= 4 is 17.6 Å². The van der Waals surface area contributed by atoms with Crippen LogP contribution in [-0.2, 0) is 4.79 Å². The summed E-state index contributed by atoms with van der Waals surface area (Å²) in [5.74, 6) is -0.0556. The van der Waals surface area contributed by atoms with E-state index in [1.165, 1.54) is 6.07 Å². The highest BCUT2D eigenvalue weighted by molar-refractivity contribution is 5.90. The lowest BCUT2D eigenvalue weighted by molar-refractivity contribution is -0.130. The van der Waals surface area contributed by atoms with Crippen LogP contribution in [0.4, 0.5) is 5.82 Å². The number of carbonyl (C=O) groups excluding carboxylic acids is 2. The number of amides is 2. The summed E-state index contributed by atoms with van der Waals surface area (Å²) in [6.45, 7) is 1.96. The second-order valence-electron chi connectivity index (χ2n) is 4.79. The highest BCUT2D eigenvalue weighted by atomic mass is 16.2. The second kappa shape index (κ2) is 5.83. The van der Waals surface area contributed by atoms with Crippen LogP contribution in [0.15, 0.2) is 12.1 Å². The SMILES string of the molecule is CN(C)C(=O)C1CNCCN1c1ccc(C(N)=O)nn1. The number of piperazine rings is 1. The number of nitrogens with one attached hydrogen (secondary N) is 1. The zero-order valence-corrected chi connectivity index (χ0v) is 11.5. The summed E-state index contributed by atoms with van der Waals surface area (Å²) in [5, 5.41) is 11.0. The third kappa shape index (κ3) is 2.85. The molecule has 8 nitrogen and oxygen atoms in total. The Bertz CT molecular complexity index is 501. The van der Waals surface area contributed by atoms with E-state index >= 15 is 0 Å². The van der Waals surface area contributed by atoms with Crippen molar-refractivity contribution in [1.82, 2.24) is 20.4 Å². The molecule has 0 aliphatic carbocycles. The van der Waals surface area contributed by atoms with Crippen molar-refractivity contribution in [3.05, 3.63) is 17.8 Å². The minimum Gasteiger partial charge on any atom is -0.364 e. The van der Waals surface area contributed by atoms with Gasteiger partial charge in [-0.3, -0.25) is 9.59 Å².